The zero-order valence-electron chi connectivity index (χ0n) is 9.90. The number of anilines is 1. The minimum Gasteiger partial charge on any atom is -0.369 e. The molecule has 0 N–H and O–H groups in total. The molecular weight excluding hydrogens is 216 g/mol. The molecule has 1 aromatic rings. The van der Waals surface area contributed by atoms with Gasteiger partial charge < -0.3 is 4.90 Å². The number of thioether (sulfide) groups is 1. The van der Waals surface area contributed by atoms with Gasteiger partial charge in [0.15, 0.2) is 0 Å². The first kappa shape index (κ1) is 11.3. The quantitative estimate of drug-likeness (QED) is 0.744. The summed E-state index contributed by atoms with van der Waals surface area (Å²) < 4.78 is 0. The maximum absolute atomic E-state index is 9.13. The Bertz CT molecular complexity index is 436. The highest BCUT2D eigenvalue weighted by Crippen LogP contribution is 2.42. The number of hydrogen-bond acceptors (Lipinski definition) is 3. The fourth-order valence-electron chi connectivity index (χ4n) is 2.12. The van der Waals surface area contributed by atoms with E-state index in [1.165, 1.54) is 16.1 Å². The van der Waals surface area contributed by atoms with Crippen molar-refractivity contribution in [1.29, 1.82) is 5.26 Å². The van der Waals surface area contributed by atoms with Crippen LogP contribution in [0, 0.1) is 11.3 Å². The zero-order valence-corrected chi connectivity index (χ0v) is 10.7. The first-order valence-corrected chi connectivity index (χ1v) is 6.48. The number of benzene rings is 1. The van der Waals surface area contributed by atoms with Gasteiger partial charge in [-0.15, -0.1) is 11.8 Å². The van der Waals surface area contributed by atoms with Crippen molar-refractivity contribution in [3.8, 4) is 6.07 Å². The fourth-order valence-corrected chi connectivity index (χ4v) is 3.37. The van der Waals surface area contributed by atoms with Gasteiger partial charge in [-0.2, -0.15) is 5.26 Å². The summed E-state index contributed by atoms with van der Waals surface area (Å²) in [5.74, 6) is 0. The van der Waals surface area contributed by atoms with Gasteiger partial charge >= 0.3 is 0 Å². The number of para-hydroxylation sites is 1. The van der Waals surface area contributed by atoms with Crippen molar-refractivity contribution in [2.45, 2.75) is 36.5 Å². The maximum atomic E-state index is 9.13. The van der Waals surface area contributed by atoms with E-state index in [1.54, 1.807) is 11.8 Å². The van der Waals surface area contributed by atoms with E-state index in [1.807, 2.05) is 0 Å². The Morgan fingerprint density at radius 3 is 2.88 bits per heavy atom. The average molecular weight is 232 g/mol. The summed E-state index contributed by atoms with van der Waals surface area (Å²) in [6.45, 7) is 4.30. The van der Waals surface area contributed by atoms with Crippen molar-refractivity contribution in [2.24, 2.45) is 0 Å². The number of fused-ring (bicyclic) bond motifs is 1. The summed E-state index contributed by atoms with van der Waals surface area (Å²) in [6.07, 6.45) is 1.04. The van der Waals surface area contributed by atoms with E-state index >= 15 is 0 Å². The van der Waals surface area contributed by atoms with Gasteiger partial charge in [0.2, 0.25) is 0 Å². The second kappa shape index (κ2) is 4.39. The smallest absolute Gasteiger partial charge is 0.116 e. The molecule has 0 bridgehead atoms. The second-order valence-corrected chi connectivity index (χ2v) is 5.32. The van der Waals surface area contributed by atoms with Gasteiger partial charge in [-0.1, -0.05) is 19.1 Å². The standard InChI is InChI=1S/C13H16N2S/c1-4-10-6-5-7-11-13(10)15(3)9(2)12(8-14)16-11/h5-7,9,12H,4H2,1-3H3. The highest BCUT2D eigenvalue weighted by Gasteiger charge is 2.30. The number of hydrogen-bond donors (Lipinski definition) is 0. The Balaban J connectivity index is 2.51. The number of rotatable bonds is 1. The van der Waals surface area contributed by atoms with E-state index in [2.05, 4.69) is 50.1 Å². The first-order valence-electron chi connectivity index (χ1n) is 5.60. The highest BCUT2D eigenvalue weighted by atomic mass is 32.2. The van der Waals surface area contributed by atoms with E-state index in [4.69, 9.17) is 5.26 Å². The molecule has 1 heterocycles. The SMILES string of the molecule is CCc1cccc2c1N(C)C(C)C(C#N)S2. The van der Waals surface area contributed by atoms with Crippen molar-refractivity contribution in [3.63, 3.8) is 0 Å². The Morgan fingerprint density at radius 1 is 1.50 bits per heavy atom. The van der Waals surface area contributed by atoms with Crippen LogP contribution in [0.3, 0.4) is 0 Å². The van der Waals surface area contributed by atoms with Crippen LogP contribution < -0.4 is 4.90 Å². The van der Waals surface area contributed by atoms with Gasteiger partial charge in [-0.3, -0.25) is 0 Å². The Morgan fingerprint density at radius 2 is 2.25 bits per heavy atom. The summed E-state index contributed by atoms with van der Waals surface area (Å²) in [6, 6.07) is 9.04. The molecule has 0 spiro atoms. The van der Waals surface area contributed by atoms with E-state index in [-0.39, 0.29) is 11.3 Å². The van der Waals surface area contributed by atoms with Crippen molar-refractivity contribution >= 4 is 17.4 Å². The lowest BCUT2D eigenvalue weighted by molar-refractivity contribution is 0.693. The van der Waals surface area contributed by atoms with Crippen LogP contribution in [-0.2, 0) is 6.42 Å². The van der Waals surface area contributed by atoms with Crippen molar-refractivity contribution in [1.82, 2.24) is 0 Å². The molecule has 0 saturated heterocycles. The summed E-state index contributed by atoms with van der Waals surface area (Å²) in [5, 5.41) is 9.17. The van der Waals surface area contributed by atoms with Crippen LogP contribution in [0.5, 0.6) is 0 Å². The third-order valence-corrected chi connectivity index (χ3v) is 4.58. The van der Waals surface area contributed by atoms with Crippen LogP contribution >= 0.6 is 11.8 Å². The van der Waals surface area contributed by atoms with E-state index in [0.717, 1.165) is 6.42 Å². The summed E-state index contributed by atoms with van der Waals surface area (Å²) in [7, 11) is 2.09. The third-order valence-electron chi connectivity index (χ3n) is 3.25. The Kier molecular flexibility index (Phi) is 3.11. The molecule has 0 saturated carbocycles. The average Bonchev–Trinajstić information content (AvgIpc) is 2.32. The molecule has 0 radical (unpaired) electrons. The van der Waals surface area contributed by atoms with Crippen LogP contribution in [0.1, 0.15) is 19.4 Å². The lowest BCUT2D eigenvalue weighted by atomic mass is 10.1. The molecule has 0 aliphatic carbocycles. The molecule has 0 fully saturated rings. The summed E-state index contributed by atoms with van der Waals surface area (Å²) >= 11 is 1.70. The molecule has 1 aromatic carbocycles. The van der Waals surface area contributed by atoms with Crippen molar-refractivity contribution in [2.75, 3.05) is 11.9 Å². The topological polar surface area (TPSA) is 27.0 Å². The highest BCUT2D eigenvalue weighted by molar-refractivity contribution is 8.00. The van der Waals surface area contributed by atoms with Gasteiger partial charge in [-0.25, -0.2) is 0 Å². The third kappa shape index (κ3) is 1.68. The number of nitriles is 1. The van der Waals surface area contributed by atoms with Crippen LogP contribution in [0.2, 0.25) is 0 Å². The molecule has 2 atom stereocenters. The van der Waals surface area contributed by atoms with E-state index in [9.17, 15) is 0 Å². The molecule has 2 unspecified atom stereocenters. The molecule has 2 nitrogen and oxygen atoms in total. The molecule has 2 rings (SSSR count). The lowest BCUT2D eigenvalue weighted by Gasteiger charge is -2.37. The number of nitrogens with zero attached hydrogens (tertiary/aromatic N) is 2. The van der Waals surface area contributed by atoms with E-state index in [0.29, 0.717) is 0 Å². The predicted octanol–water partition coefficient (Wildman–Crippen LogP) is 3.07. The molecule has 3 heteroatoms. The summed E-state index contributed by atoms with van der Waals surface area (Å²) in [5.41, 5.74) is 2.68. The van der Waals surface area contributed by atoms with Crippen LogP contribution in [-0.4, -0.2) is 18.3 Å². The predicted molar refractivity (Wildman–Crippen MR) is 68.9 cm³/mol. The van der Waals surface area contributed by atoms with Crippen molar-refractivity contribution in [3.05, 3.63) is 23.8 Å². The van der Waals surface area contributed by atoms with Crippen LogP contribution in [0.4, 0.5) is 5.69 Å². The minimum absolute atomic E-state index is 0.0320. The normalized spacial score (nSPS) is 23.8. The monoisotopic (exact) mass is 232 g/mol. The van der Waals surface area contributed by atoms with Crippen LogP contribution in [0.15, 0.2) is 23.1 Å². The molecule has 0 amide bonds. The molecule has 1 aliphatic rings. The van der Waals surface area contributed by atoms with Crippen LogP contribution in [0.25, 0.3) is 0 Å². The summed E-state index contributed by atoms with van der Waals surface area (Å²) in [4.78, 5) is 3.49. The van der Waals surface area contributed by atoms with Gasteiger partial charge in [0.25, 0.3) is 0 Å². The first-order chi connectivity index (χ1) is 7.69. The Hall–Kier alpha value is -1.14. The van der Waals surface area contributed by atoms with Gasteiger partial charge in [0.1, 0.15) is 5.25 Å². The molecule has 84 valence electrons. The van der Waals surface area contributed by atoms with Gasteiger partial charge in [0, 0.05) is 11.9 Å². The van der Waals surface area contributed by atoms with Crippen molar-refractivity contribution < 1.29 is 0 Å². The fraction of sp³-hybridized carbons (Fsp3) is 0.462. The Labute approximate surface area is 101 Å². The lowest BCUT2D eigenvalue weighted by Crippen LogP contribution is -2.40. The maximum Gasteiger partial charge on any atom is 0.116 e. The minimum atomic E-state index is 0.0320. The zero-order chi connectivity index (χ0) is 11.7. The molecule has 0 aromatic heterocycles. The van der Waals surface area contributed by atoms with Gasteiger partial charge in [0.05, 0.1) is 17.8 Å². The van der Waals surface area contributed by atoms with E-state index < -0.39 is 0 Å². The second-order valence-electron chi connectivity index (χ2n) is 4.14. The largest absolute Gasteiger partial charge is 0.369 e. The molecule has 16 heavy (non-hydrogen) atoms. The number of aryl methyl sites for hydroxylation is 1. The molecule has 1 aliphatic heterocycles. The van der Waals surface area contributed by atoms with Gasteiger partial charge in [-0.05, 0) is 25.0 Å². The molecular formula is C13H16N2S.